The summed E-state index contributed by atoms with van der Waals surface area (Å²) in [5, 5.41) is 5.76. The van der Waals surface area contributed by atoms with E-state index in [0.29, 0.717) is 28.4 Å². The fraction of sp³-hybridized carbons (Fsp3) is 0.0357. The van der Waals surface area contributed by atoms with Gasteiger partial charge in [-0.25, -0.2) is 4.98 Å². The van der Waals surface area contributed by atoms with E-state index in [2.05, 4.69) is 50.3 Å². The van der Waals surface area contributed by atoms with Crippen LogP contribution >= 0.6 is 56.8 Å². The van der Waals surface area contributed by atoms with Crippen molar-refractivity contribution in [2.45, 2.75) is 6.61 Å². The number of ether oxygens (including phenoxy) is 1. The summed E-state index contributed by atoms with van der Waals surface area (Å²) in [6, 6.07) is 28.5. The molecule has 0 unspecified atom stereocenters. The second kappa shape index (κ2) is 11.1. The predicted octanol–water partition coefficient (Wildman–Crippen LogP) is 7.39. The molecule has 0 radical (unpaired) electrons. The quantitative estimate of drug-likeness (QED) is 0.136. The summed E-state index contributed by atoms with van der Waals surface area (Å²) < 4.78 is 9.31. The van der Waals surface area contributed by atoms with Crippen LogP contribution in [0.3, 0.4) is 0 Å². The van der Waals surface area contributed by atoms with Crippen molar-refractivity contribution in [1.29, 1.82) is 0 Å². The zero-order valence-electron chi connectivity index (χ0n) is 18.7. The van der Waals surface area contributed by atoms with Crippen LogP contribution in [0.5, 0.6) is 5.75 Å². The van der Waals surface area contributed by atoms with Gasteiger partial charge in [0.15, 0.2) is 5.82 Å². The van der Waals surface area contributed by atoms with E-state index in [1.807, 2.05) is 84.9 Å². The maximum Gasteiger partial charge on any atom is 0.282 e. The summed E-state index contributed by atoms with van der Waals surface area (Å²) in [4.78, 5) is 18.1. The van der Waals surface area contributed by atoms with Crippen molar-refractivity contribution in [1.82, 2.24) is 9.66 Å². The SMILES string of the molecule is O=c1c2ccccc2nc(-c2ccccc2)n1N=Cc1cc(I)c(OCc2ccccc2Cl)c(I)c1. The molecule has 0 fully saturated rings. The number of fused-ring (bicyclic) bond motifs is 1. The van der Waals surface area contributed by atoms with Crippen LogP contribution in [0.1, 0.15) is 11.1 Å². The Morgan fingerprint density at radius 3 is 2.33 bits per heavy atom. The van der Waals surface area contributed by atoms with Crippen molar-refractivity contribution >= 4 is 73.9 Å². The van der Waals surface area contributed by atoms with Crippen LogP contribution in [0.2, 0.25) is 5.02 Å². The van der Waals surface area contributed by atoms with E-state index in [9.17, 15) is 4.79 Å². The van der Waals surface area contributed by atoms with Crippen LogP contribution < -0.4 is 10.3 Å². The number of benzene rings is 4. The molecule has 0 N–H and O–H groups in total. The minimum absolute atomic E-state index is 0.222. The molecule has 5 aromatic rings. The molecular weight excluding hydrogens is 700 g/mol. The summed E-state index contributed by atoms with van der Waals surface area (Å²) >= 11 is 10.8. The normalized spacial score (nSPS) is 11.3. The van der Waals surface area contributed by atoms with E-state index in [0.717, 1.165) is 29.6 Å². The summed E-state index contributed by atoms with van der Waals surface area (Å²) in [5.41, 5.74) is 2.99. The molecule has 1 heterocycles. The van der Waals surface area contributed by atoms with E-state index in [1.165, 1.54) is 4.68 Å². The van der Waals surface area contributed by atoms with Crippen molar-refractivity contribution < 1.29 is 4.74 Å². The van der Waals surface area contributed by atoms with Crippen LogP contribution in [0.25, 0.3) is 22.3 Å². The first-order valence-electron chi connectivity index (χ1n) is 11.0. The molecule has 1 aromatic heterocycles. The molecule has 0 saturated heterocycles. The molecular formula is C28H18ClI2N3O2. The van der Waals surface area contributed by atoms with E-state index >= 15 is 0 Å². The minimum atomic E-state index is -0.222. The van der Waals surface area contributed by atoms with Crippen LogP contribution in [0.4, 0.5) is 0 Å². The number of hydrogen-bond acceptors (Lipinski definition) is 4. The fourth-order valence-electron chi connectivity index (χ4n) is 3.69. The third kappa shape index (κ3) is 5.33. The third-order valence-electron chi connectivity index (χ3n) is 5.46. The second-order valence-corrected chi connectivity index (χ2v) is 10.6. The topological polar surface area (TPSA) is 56.5 Å². The molecule has 36 heavy (non-hydrogen) atoms. The summed E-state index contributed by atoms with van der Waals surface area (Å²) in [7, 11) is 0. The van der Waals surface area contributed by atoms with Gasteiger partial charge in [0.05, 0.1) is 24.3 Å². The highest BCUT2D eigenvalue weighted by Crippen LogP contribution is 2.30. The van der Waals surface area contributed by atoms with E-state index < -0.39 is 0 Å². The van der Waals surface area contributed by atoms with Crippen molar-refractivity contribution in [2.24, 2.45) is 5.10 Å². The van der Waals surface area contributed by atoms with Crippen molar-refractivity contribution in [3.8, 4) is 17.1 Å². The smallest absolute Gasteiger partial charge is 0.282 e. The minimum Gasteiger partial charge on any atom is -0.487 e. The van der Waals surface area contributed by atoms with Gasteiger partial charge >= 0.3 is 0 Å². The van der Waals surface area contributed by atoms with Gasteiger partial charge in [-0.15, -0.1) is 0 Å². The summed E-state index contributed by atoms with van der Waals surface area (Å²) in [5.74, 6) is 1.27. The zero-order valence-corrected chi connectivity index (χ0v) is 23.8. The Bertz CT molecular complexity index is 1630. The molecule has 0 spiro atoms. The maximum absolute atomic E-state index is 13.4. The number of nitrogens with zero attached hydrogens (tertiary/aromatic N) is 3. The Hall–Kier alpha value is -2.76. The molecule has 0 aliphatic rings. The van der Waals surface area contributed by atoms with E-state index in [-0.39, 0.29) is 5.56 Å². The number of aromatic nitrogens is 2. The Balaban J connectivity index is 1.50. The first-order chi connectivity index (χ1) is 17.5. The maximum atomic E-state index is 13.4. The molecule has 0 bridgehead atoms. The molecule has 0 saturated carbocycles. The molecule has 0 aliphatic carbocycles. The van der Waals surface area contributed by atoms with Gasteiger partial charge in [0.1, 0.15) is 12.4 Å². The molecule has 4 aromatic carbocycles. The molecule has 178 valence electrons. The molecule has 5 rings (SSSR count). The lowest BCUT2D eigenvalue weighted by Gasteiger charge is -2.12. The van der Waals surface area contributed by atoms with Gasteiger partial charge in [0.2, 0.25) is 0 Å². The van der Waals surface area contributed by atoms with Gasteiger partial charge < -0.3 is 4.74 Å². The average molecular weight is 718 g/mol. The van der Waals surface area contributed by atoms with Crippen LogP contribution in [-0.4, -0.2) is 15.9 Å². The molecule has 5 nitrogen and oxygen atoms in total. The monoisotopic (exact) mass is 717 g/mol. The highest BCUT2D eigenvalue weighted by molar-refractivity contribution is 14.1. The van der Waals surface area contributed by atoms with Gasteiger partial charge in [0, 0.05) is 16.1 Å². The molecule has 0 atom stereocenters. The number of hydrogen-bond donors (Lipinski definition) is 0. The lowest BCUT2D eigenvalue weighted by atomic mass is 10.2. The predicted molar refractivity (Wildman–Crippen MR) is 162 cm³/mol. The summed E-state index contributed by atoms with van der Waals surface area (Å²) in [6.07, 6.45) is 1.67. The lowest BCUT2D eigenvalue weighted by Crippen LogP contribution is -2.20. The van der Waals surface area contributed by atoms with Crippen LogP contribution in [0.15, 0.2) is 101 Å². The standard InChI is InChI=1S/C28H18ClI2N3O2/c29-22-12-6-4-10-20(22)17-36-26-23(30)14-18(15-24(26)31)16-32-34-27(19-8-2-1-3-9-19)33-25-13-7-5-11-21(25)28(34)35/h1-16H,17H2. The van der Waals surface area contributed by atoms with Crippen molar-refractivity contribution in [3.05, 3.63) is 125 Å². The average Bonchev–Trinajstić information content (AvgIpc) is 2.89. The van der Waals surface area contributed by atoms with E-state index in [4.69, 9.17) is 21.3 Å². The number of halogens is 3. The zero-order chi connectivity index (χ0) is 25.1. The summed E-state index contributed by atoms with van der Waals surface area (Å²) in [6.45, 7) is 0.373. The number of para-hydroxylation sites is 1. The van der Waals surface area contributed by atoms with E-state index in [1.54, 1.807) is 12.3 Å². The molecule has 8 heteroatoms. The lowest BCUT2D eigenvalue weighted by molar-refractivity contribution is 0.302. The molecule has 0 amide bonds. The number of rotatable bonds is 6. The Labute approximate surface area is 240 Å². The highest BCUT2D eigenvalue weighted by Gasteiger charge is 2.13. The Kier molecular flexibility index (Phi) is 7.68. The first kappa shape index (κ1) is 24.9. The van der Waals surface area contributed by atoms with Gasteiger partial charge in [-0.05, 0) is 81.1 Å². The van der Waals surface area contributed by atoms with Crippen LogP contribution in [0, 0.1) is 7.14 Å². The van der Waals surface area contributed by atoms with Crippen LogP contribution in [-0.2, 0) is 6.61 Å². The first-order valence-corrected chi connectivity index (χ1v) is 13.5. The Morgan fingerprint density at radius 1 is 0.917 bits per heavy atom. The van der Waals surface area contributed by atoms with Gasteiger partial charge in [-0.3, -0.25) is 4.79 Å². The van der Waals surface area contributed by atoms with Gasteiger partial charge in [-0.1, -0.05) is 72.3 Å². The fourth-order valence-corrected chi connectivity index (χ4v) is 6.00. The largest absolute Gasteiger partial charge is 0.487 e. The Morgan fingerprint density at radius 2 is 1.58 bits per heavy atom. The third-order valence-corrected chi connectivity index (χ3v) is 7.43. The van der Waals surface area contributed by atoms with Crippen molar-refractivity contribution in [3.63, 3.8) is 0 Å². The van der Waals surface area contributed by atoms with Crippen molar-refractivity contribution in [2.75, 3.05) is 0 Å². The van der Waals surface area contributed by atoms with Gasteiger partial charge in [-0.2, -0.15) is 9.78 Å². The molecule has 0 aliphatic heterocycles. The second-order valence-electron chi connectivity index (χ2n) is 7.87. The van der Waals surface area contributed by atoms with Gasteiger partial charge in [0.25, 0.3) is 5.56 Å². The highest BCUT2D eigenvalue weighted by atomic mass is 127.